The van der Waals surface area contributed by atoms with Crippen molar-refractivity contribution in [2.45, 2.75) is 19.8 Å². The zero-order valence-corrected chi connectivity index (χ0v) is 15.7. The number of hydrogen-bond acceptors (Lipinski definition) is 5. The van der Waals surface area contributed by atoms with E-state index in [-0.39, 0.29) is 5.91 Å². The number of carbonyl (C=O) groups is 1. The molecular weight excluding hydrogens is 332 g/mol. The van der Waals surface area contributed by atoms with E-state index in [9.17, 15) is 4.79 Å². The number of carbonyl (C=O) groups excluding carboxylic acids is 1. The maximum absolute atomic E-state index is 12.1. The van der Waals surface area contributed by atoms with Crippen LogP contribution >= 0.6 is 0 Å². The lowest BCUT2D eigenvalue weighted by Gasteiger charge is -2.15. The molecule has 0 aliphatic heterocycles. The van der Waals surface area contributed by atoms with Gasteiger partial charge in [0.25, 0.3) is 0 Å². The molecule has 0 radical (unpaired) electrons. The summed E-state index contributed by atoms with van der Waals surface area (Å²) in [6.07, 6.45) is 1.32. The van der Waals surface area contributed by atoms with E-state index in [1.54, 1.807) is 21.3 Å². The van der Waals surface area contributed by atoms with E-state index in [1.807, 2.05) is 36.4 Å². The quantitative estimate of drug-likeness (QED) is 0.715. The van der Waals surface area contributed by atoms with Crippen molar-refractivity contribution in [2.75, 3.05) is 38.5 Å². The molecule has 0 atom stereocenters. The Morgan fingerprint density at radius 2 is 1.54 bits per heavy atom. The van der Waals surface area contributed by atoms with Gasteiger partial charge in [-0.15, -0.1) is 0 Å². The van der Waals surface area contributed by atoms with Gasteiger partial charge in [0, 0.05) is 36.5 Å². The summed E-state index contributed by atoms with van der Waals surface area (Å²) in [5.41, 5.74) is 2.84. The Hall–Kier alpha value is -2.89. The van der Waals surface area contributed by atoms with Crippen molar-refractivity contribution in [2.24, 2.45) is 0 Å². The average Bonchev–Trinajstić information content (AvgIpc) is 2.67. The van der Waals surface area contributed by atoms with Crippen LogP contribution in [-0.4, -0.2) is 33.8 Å². The Morgan fingerprint density at radius 1 is 0.923 bits per heavy atom. The first kappa shape index (κ1) is 19.4. The third-order valence-electron chi connectivity index (χ3n) is 3.99. The Bertz CT molecular complexity index is 704. The molecule has 6 nitrogen and oxygen atoms in total. The van der Waals surface area contributed by atoms with Crippen LogP contribution in [0, 0.1) is 0 Å². The highest BCUT2D eigenvalue weighted by atomic mass is 16.5. The first-order valence-electron chi connectivity index (χ1n) is 8.54. The van der Waals surface area contributed by atoms with Crippen molar-refractivity contribution in [3.05, 3.63) is 42.0 Å². The van der Waals surface area contributed by atoms with Gasteiger partial charge in [-0.3, -0.25) is 4.79 Å². The van der Waals surface area contributed by atoms with E-state index in [4.69, 9.17) is 14.2 Å². The lowest BCUT2D eigenvalue weighted by atomic mass is 10.1. The number of ether oxygens (including phenoxy) is 3. The van der Waals surface area contributed by atoms with E-state index in [2.05, 4.69) is 17.6 Å². The van der Waals surface area contributed by atoms with E-state index >= 15 is 0 Å². The highest BCUT2D eigenvalue weighted by molar-refractivity contribution is 5.91. The first-order valence-corrected chi connectivity index (χ1v) is 8.54. The number of hydrogen-bond donors (Lipinski definition) is 2. The van der Waals surface area contributed by atoms with Gasteiger partial charge in [-0.25, -0.2) is 0 Å². The maximum atomic E-state index is 12.1. The Balaban J connectivity index is 1.91. The van der Waals surface area contributed by atoms with Gasteiger partial charge in [0.1, 0.15) is 0 Å². The van der Waals surface area contributed by atoms with E-state index in [0.29, 0.717) is 30.2 Å². The van der Waals surface area contributed by atoms with Gasteiger partial charge >= 0.3 is 0 Å². The third kappa shape index (κ3) is 5.05. The highest BCUT2D eigenvalue weighted by Crippen LogP contribution is 2.39. The molecule has 0 bridgehead atoms. The fourth-order valence-electron chi connectivity index (χ4n) is 2.55. The molecule has 1 amide bonds. The smallest absolute Gasteiger partial charge is 0.226 e. The minimum absolute atomic E-state index is 0.0470. The summed E-state index contributed by atoms with van der Waals surface area (Å²) in [7, 11) is 4.70. The van der Waals surface area contributed by atoms with Crippen LogP contribution in [0.15, 0.2) is 36.4 Å². The van der Waals surface area contributed by atoms with Crippen LogP contribution in [0.3, 0.4) is 0 Å². The van der Waals surface area contributed by atoms with Crippen LogP contribution in [0.4, 0.5) is 11.4 Å². The Labute approximate surface area is 154 Å². The molecular formula is C20H26N2O4. The summed E-state index contributed by atoms with van der Waals surface area (Å²) in [6.45, 7) is 2.58. The van der Waals surface area contributed by atoms with Crippen molar-refractivity contribution >= 4 is 17.3 Å². The molecule has 140 valence electrons. The lowest BCUT2D eigenvalue weighted by molar-refractivity contribution is -0.115. The van der Waals surface area contributed by atoms with Gasteiger partial charge in [-0.05, 0) is 24.1 Å². The highest BCUT2D eigenvalue weighted by Gasteiger charge is 2.13. The summed E-state index contributed by atoms with van der Waals surface area (Å²) >= 11 is 0. The van der Waals surface area contributed by atoms with Crippen molar-refractivity contribution in [1.29, 1.82) is 0 Å². The monoisotopic (exact) mass is 358 g/mol. The largest absolute Gasteiger partial charge is 0.493 e. The van der Waals surface area contributed by atoms with E-state index < -0.39 is 0 Å². The molecule has 0 fully saturated rings. The normalized spacial score (nSPS) is 10.2. The second-order valence-corrected chi connectivity index (χ2v) is 5.69. The van der Waals surface area contributed by atoms with Gasteiger partial charge in [0.2, 0.25) is 11.7 Å². The Kier molecular flexibility index (Phi) is 7.14. The molecule has 0 aromatic heterocycles. The van der Waals surface area contributed by atoms with Crippen molar-refractivity contribution in [3.8, 4) is 17.2 Å². The van der Waals surface area contributed by atoms with Gasteiger partial charge in [0.05, 0.1) is 21.3 Å². The number of methoxy groups -OCH3 is 3. The first-order chi connectivity index (χ1) is 12.6. The number of rotatable bonds is 9. The van der Waals surface area contributed by atoms with Gasteiger partial charge in [-0.2, -0.15) is 0 Å². The molecule has 0 aliphatic carbocycles. The number of anilines is 2. The Morgan fingerprint density at radius 3 is 2.04 bits per heavy atom. The number of aryl methyl sites for hydroxylation is 1. The molecule has 0 aliphatic rings. The molecule has 2 aromatic carbocycles. The SMILES string of the molecule is CCc1ccc(NC(=O)CCNc2cc(OC)c(OC)c(OC)c2)cc1. The summed E-state index contributed by atoms with van der Waals surface area (Å²) in [6, 6.07) is 11.5. The second-order valence-electron chi connectivity index (χ2n) is 5.69. The summed E-state index contributed by atoms with van der Waals surface area (Å²) in [5.74, 6) is 1.62. The molecule has 6 heteroatoms. The molecule has 0 heterocycles. The maximum Gasteiger partial charge on any atom is 0.226 e. The predicted octanol–water partition coefficient (Wildman–Crippen LogP) is 3.72. The molecule has 0 unspecified atom stereocenters. The minimum atomic E-state index is -0.0470. The summed E-state index contributed by atoms with van der Waals surface area (Å²) < 4.78 is 15.9. The number of amides is 1. The fourth-order valence-corrected chi connectivity index (χ4v) is 2.55. The molecule has 2 N–H and O–H groups in total. The lowest BCUT2D eigenvalue weighted by Crippen LogP contribution is -2.16. The van der Waals surface area contributed by atoms with E-state index in [1.165, 1.54) is 5.56 Å². The summed E-state index contributed by atoms with van der Waals surface area (Å²) in [4.78, 5) is 12.1. The van der Waals surface area contributed by atoms with Crippen LogP contribution < -0.4 is 24.8 Å². The van der Waals surface area contributed by atoms with Crippen LogP contribution in [0.1, 0.15) is 18.9 Å². The molecule has 0 spiro atoms. The fraction of sp³-hybridized carbons (Fsp3) is 0.350. The van der Waals surface area contributed by atoms with Crippen molar-refractivity contribution in [1.82, 2.24) is 0 Å². The molecule has 0 saturated heterocycles. The zero-order valence-electron chi connectivity index (χ0n) is 15.7. The minimum Gasteiger partial charge on any atom is -0.493 e. The predicted molar refractivity (Wildman–Crippen MR) is 104 cm³/mol. The third-order valence-corrected chi connectivity index (χ3v) is 3.99. The summed E-state index contributed by atoms with van der Waals surface area (Å²) in [5, 5.41) is 6.10. The molecule has 2 rings (SSSR count). The average molecular weight is 358 g/mol. The van der Waals surface area contributed by atoms with Gasteiger partial charge in [-0.1, -0.05) is 19.1 Å². The van der Waals surface area contributed by atoms with Crippen LogP contribution in [0.5, 0.6) is 17.2 Å². The second kappa shape index (κ2) is 9.56. The van der Waals surface area contributed by atoms with Crippen LogP contribution in [0.25, 0.3) is 0 Å². The molecule has 26 heavy (non-hydrogen) atoms. The van der Waals surface area contributed by atoms with Gasteiger partial charge in [0.15, 0.2) is 11.5 Å². The topological polar surface area (TPSA) is 68.8 Å². The standard InChI is InChI=1S/C20H26N2O4/c1-5-14-6-8-15(9-7-14)22-19(23)10-11-21-16-12-17(24-2)20(26-4)18(13-16)25-3/h6-9,12-13,21H,5,10-11H2,1-4H3,(H,22,23). The van der Waals surface area contributed by atoms with Crippen LogP contribution in [0.2, 0.25) is 0 Å². The van der Waals surface area contributed by atoms with Crippen LogP contribution in [-0.2, 0) is 11.2 Å². The number of nitrogens with one attached hydrogen (secondary N) is 2. The van der Waals surface area contributed by atoms with E-state index in [0.717, 1.165) is 17.8 Å². The molecule has 0 saturated carbocycles. The van der Waals surface area contributed by atoms with Gasteiger partial charge < -0.3 is 24.8 Å². The van der Waals surface area contributed by atoms with Crippen molar-refractivity contribution < 1.29 is 19.0 Å². The zero-order chi connectivity index (χ0) is 18.9. The van der Waals surface area contributed by atoms with Crippen molar-refractivity contribution in [3.63, 3.8) is 0 Å². The number of benzene rings is 2. The molecule has 2 aromatic rings.